The standard InChI is InChI=1S/C30H37N3O5S/c1-22(2)31-30(35)24(4)32(19-25-13-11-23(3)12-14-25)29(34)20-33(39(5,36)37)27-15-17-28(18-16-27)38-21-26-9-7-6-8-10-26/h6-18,22,24H,19-21H2,1-5H3,(H,31,35). The highest BCUT2D eigenvalue weighted by Gasteiger charge is 2.30. The monoisotopic (exact) mass is 551 g/mol. The Morgan fingerprint density at radius 2 is 1.49 bits per heavy atom. The van der Waals surface area contributed by atoms with Gasteiger partial charge in [-0.1, -0.05) is 60.2 Å². The number of amides is 2. The van der Waals surface area contributed by atoms with Gasteiger partial charge in [0, 0.05) is 12.6 Å². The van der Waals surface area contributed by atoms with Gasteiger partial charge in [0.15, 0.2) is 0 Å². The molecule has 9 heteroatoms. The predicted molar refractivity (Wildman–Crippen MR) is 154 cm³/mol. The number of sulfonamides is 1. The highest BCUT2D eigenvalue weighted by molar-refractivity contribution is 7.92. The molecule has 1 atom stereocenters. The van der Waals surface area contributed by atoms with Gasteiger partial charge in [-0.15, -0.1) is 0 Å². The number of hydrogen-bond acceptors (Lipinski definition) is 5. The number of anilines is 1. The molecular formula is C30H37N3O5S. The largest absolute Gasteiger partial charge is 0.489 e. The van der Waals surface area contributed by atoms with Crippen LogP contribution in [0.25, 0.3) is 0 Å². The average molecular weight is 552 g/mol. The van der Waals surface area contributed by atoms with Gasteiger partial charge in [0.25, 0.3) is 0 Å². The number of rotatable bonds is 12. The number of nitrogens with zero attached hydrogens (tertiary/aromatic N) is 2. The molecule has 0 saturated carbocycles. The number of nitrogens with one attached hydrogen (secondary N) is 1. The highest BCUT2D eigenvalue weighted by atomic mass is 32.2. The van der Waals surface area contributed by atoms with Gasteiger partial charge in [-0.25, -0.2) is 8.42 Å². The van der Waals surface area contributed by atoms with Gasteiger partial charge in [0.05, 0.1) is 11.9 Å². The van der Waals surface area contributed by atoms with Gasteiger partial charge >= 0.3 is 0 Å². The zero-order valence-electron chi connectivity index (χ0n) is 23.1. The van der Waals surface area contributed by atoms with E-state index in [0.29, 0.717) is 18.0 Å². The molecule has 1 unspecified atom stereocenters. The van der Waals surface area contributed by atoms with E-state index in [4.69, 9.17) is 4.74 Å². The van der Waals surface area contributed by atoms with Crippen molar-refractivity contribution in [3.63, 3.8) is 0 Å². The van der Waals surface area contributed by atoms with Crippen molar-refractivity contribution in [3.05, 3.63) is 95.6 Å². The smallest absolute Gasteiger partial charge is 0.244 e. The minimum absolute atomic E-state index is 0.105. The number of benzene rings is 3. The summed E-state index contributed by atoms with van der Waals surface area (Å²) < 4.78 is 32.4. The number of carbonyl (C=O) groups is 2. The van der Waals surface area contributed by atoms with E-state index in [0.717, 1.165) is 27.3 Å². The number of hydrogen-bond donors (Lipinski definition) is 1. The lowest BCUT2D eigenvalue weighted by Gasteiger charge is -2.32. The van der Waals surface area contributed by atoms with Crippen molar-refractivity contribution >= 4 is 27.5 Å². The summed E-state index contributed by atoms with van der Waals surface area (Å²) in [5.74, 6) is -0.226. The van der Waals surface area contributed by atoms with Crippen molar-refractivity contribution in [2.75, 3.05) is 17.1 Å². The Morgan fingerprint density at radius 1 is 0.872 bits per heavy atom. The van der Waals surface area contributed by atoms with Crippen LogP contribution in [0.5, 0.6) is 5.75 Å². The van der Waals surface area contributed by atoms with Crippen molar-refractivity contribution in [3.8, 4) is 5.75 Å². The highest BCUT2D eigenvalue weighted by Crippen LogP contribution is 2.23. The zero-order valence-corrected chi connectivity index (χ0v) is 23.9. The van der Waals surface area contributed by atoms with Crippen LogP contribution in [-0.4, -0.2) is 50.0 Å². The Kier molecular flexibility index (Phi) is 10.1. The van der Waals surface area contributed by atoms with Gasteiger partial charge in [-0.3, -0.25) is 13.9 Å². The van der Waals surface area contributed by atoms with Crippen LogP contribution < -0.4 is 14.4 Å². The topological polar surface area (TPSA) is 96.0 Å². The quantitative estimate of drug-likeness (QED) is 0.363. The van der Waals surface area contributed by atoms with Crippen molar-refractivity contribution in [1.29, 1.82) is 0 Å². The summed E-state index contributed by atoms with van der Waals surface area (Å²) in [6.45, 7) is 7.38. The van der Waals surface area contributed by atoms with Gasteiger partial charge in [-0.05, 0) is 63.1 Å². The molecule has 0 fully saturated rings. The van der Waals surface area contributed by atoms with Crippen molar-refractivity contribution < 1.29 is 22.7 Å². The number of carbonyl (C=O) groups excluding carboxylic acids is 2. The second-order valence-electron chi connectivity index (χ2n) is 9.88. The van der Waals surface area contributed by atoms with E-state index in [2.05, 4.69) is 5.32 Å². The maximum absolute atomic E-state index is 13.6. The molecule has 0 aliphatic rings. The van der Waals surface area contributed by atoms with Crippen LogP contribution in [0.4, 0.5) is 5.69 Å². The fourth-order valence-electron chi connectivity index (χ4n) is 3.94. The summed E-state index contributed by atoms with van der Waals surface area (Å²) in [6.07, 6.45) is 1.05. The summed E-state index contributed by atoms with van der Waals surface area (Å²) in [6, 6.07) is 23.0. The van der Waals surface area contributed by atoms with Crippen molar-refractivity contribution in [1.82, 2.24) is 10.2 Å². The Hall–Kier alpha value is -3.85. The number of aryl methyl sites for hydroxylation is 1. The maximum Gasteiger partial charge on any atom is 0.244 e. The second kappa shape index (κ2) is 13.3. The average Bonchev–Trinajstić information content (AvgIpc) is 2.89. The van der Waals surface area contributed by atoms with Crippen LogP contribution in [0.15, 0.2) is 78.9 Å². The Balaban J connectivity index is 1.81. The molecule has 3 rings (SSSR count). The fourth-order valence-corrected chi connectivity index (χ4v) is 4.79. The molecular weight excluding hydrogens is 514 g/mol. The summed E-state index contributed by atoms with van der Waals surface area (Å²) in [5.41, 5.74) is 3.24. The molecule has 0 aliphatic heterocycles. The first kappa shape index (κ1) is 29.7. The molecule has 0 bridgehead atoms. The molecule has 3 aromatic rings. The molecule has 2 amide bonds. The lowest BCUT2D eigenvalue weighted by molar-refractivity contribution is -0.139. The van der Waals surface area contributed by atoms with E-state index in [-0.39, 0.29) is 18.5 Å². The van der Waals surface area contributed by atoms with Gasteiger partial charge in [0.2, 0.25) is 21.8 Å². The molecule has 0 aromatic heterocycles. The summed E-state index contributed by atoms with van der Waals surface area (Å²) in [7, 11) is -3.81. The van der Waals surface area contributed by atoms with Crippen LogP contribution in [0, 0.1) is 6.92 Å². The van der Waals surface area contributed by atoms with Crippen LogP contribution >= 0.6 is 0 Å². The van der Waals surface area contributed by atoms with Crippen LogP contribution in [-0.2, 0) is 32.8 Å². The van der Waals surface area contributed by atoms with Crippen molar-refractivity contribution in [2.24, 2.45) is 0 Å². The molecule has 0 spiro atoms. The Morgan fingerprint density at radius 3 is 2.05 bits per heavy atom. The SMILES string of the molecule is Cc1ccc(CN(C(=O)CN(c2ccc(OCc3ccccc3)cc2)S(C)(=O)=O)C(C)C(=O)NC(C)C)cc1. The molecule has 0 heterocycles. The van der Waals surface area contributed by atoms with Gasteiger partial charge in [0.1, 0.15) is 24.9 Å². The normalized spacial score (nSPS) is 12.1. The van der Waals surface area contributed by atoms with Crippen LogP contribution in [0.2, 0.25) is 0 Å². The first-order chi connectivity index (χ1) is 18.4. The number of ether oxygens (including phenoxy) is 1. The fraction of sp³-hybridized carbons (Fsp3) is 0.333. The molecule has 0 radical (unpaired) electrons. The maximum atomic E-state index is 13.6. The second-order valence-corrected chi connectivity index (χ2v) is 11.8. The molecule has 0 aliphatic carbocycles. The molecule has 8 nitrogen and oxygen atoms in total. The predicted octanol–water partition coefficient (Wildman–Crippen LogP) is 4.28. The van der Waals surface area contributed by atoms with Crippen LogP contribution in [0.1, 0.15) is 37.5 Å². The van der Waals surface area contributed by atoms with E-state index in [9.17, 15) is 18.0 Å². The van der Waals surface area contributed by atoms with E-state index < -0.39 is 28.5 Å². The first-order valence-corrected chi connectivity index (χ1v) is 14.7. The summed E-state index contributed by atoms with van der Waals surface area (Å²) >= 11 is 0. The summed E-state index contributed by atoms with van der Waals surface area (Å²) in [5, 5.41) is 2.84. The molecule has 208 valence electrons. The zero-order chi connectivity index (χ0) is 28.6. The lowest BCUT2D eigenvalue weighted by atomic mass is 10.1. The first-order valence-electron chi connectivity index (χ1n) is 12.8. The van der Waals surface area contributed by atoms with Crippen LogP contribution in [0.3, 0.4) is 0 Å². The van der Waals surface area contributed by atoms with Crippen molar-refractivity contribution in [2.45, 2.75) is 52.9 Å². The Bertz CT molecular complexity index is 1340. The minimum atomic E-state index is -3.81. The van der Waals surface area contributed by atoms with Gasteiger partial charge in [-0.2, -0.15) is 0 Å². The minimum Gasteiger partial charge on any atom is -0.489 e. The third-order valence-corrected chi connectivity index (χ3v) is 7.26. The molecule has 3 aromatic carbocycles. The van der Waals surface area contributed by atoms with E-state index in [1.54, 1.807) is 31.2 Å². The van der Waals surface area contributed by atoms with E-state index >= 15 is 0 Å². The molecule has 1 N–H and O–H groups in total. The van der Waals surface area contributed by atoms with E-state index in [1.165, 1.54) is 4.90 Å². The Labute approximate surface area is 231 Å². The molecule has 39 heavy (non-hydrogen) atoms. The van der Waals surface area contributed by atoms with Gasteiger partial charge < -0.3 is 15.0 Å². The lowest BCUT2D eigenvalue weighted by Crippen LogP contribution is -2.52. The third kappa shape index (κ3) is 8.85. The summed E-state index contributed by atoms with van der Waals surface area (Å²) in [4.78, 5) is 27.9. The van der Waals surface area contributed by atoms with E-state index in [1.807, 2.05) is 75.4 Å². The third-order valence-electron chi connectivity index (χ3n) is 6.12. The molecule has 0 saturated heterocycles.